The number of carbonyl (C=O) groups is 2. The number of pyridine rings is 1. The van der Waals surface area contributed by atoms with Crippen molar-refractivity contribution in [3.05, 3.63) is 41.9 Å². The van der Waals surface area contributed by atoms with Crippen LogP contribution in [0, 0.1) is 0 Å². The molecule has 0 aromatic carbocycles. The highest BCUT2D eigenvalue weighted by Gasteiger charge is 2.26. The summed E-state index contributed by atoms with van der Waals surface area (Å²) in [6.07, 6.45) is 4.92. The Labute approximate surface area is 160 Å². The number of nitrogens with zero attached hydrogens (tertiary/aromatic N) is 4. The molecule has 1 N–H and O–H groups in total. The third kappa shape index (κ3) is 5.15. The molecule has 0 atom stereocenters. The number of amides is 2. The molecule has 2 aromatic heterocycles. The molecule has 146 valence electrons. The highest BCUT2D eigenvalue weighted by atomic mass is 16.2. The van der Waals surface area contributed by atoms with Crippen molar-refractivity contribution in [1.82, 2.24) is 25.0 Å². The normalized spacial score (nSPS) is 10.9. The molecule has 0 aliphatic carbocycles. The van der Waals surface area contributed by atoms with Gasteiger partial charge in [-0.05, 0) is 30.9 Å². The predicted octanol–water partition coefficient (Wildman–Crippen LogP) is 2.77. The zero-order valence-corrected chi connectivity index (χ0v) is 16.6. The number of carbonyl (C=O) groups excluding carboxylic acids is 2. The van der Waals surface area contributed by atoms with Crippen molar-refractivity contribution in [3.63, 3.8) is 0 Å². The summed E-state index contributed by atoms with van der Waals surface area (Å²) in [4.78, 5) is 31.3. The second-order valence-corrected chi connectivity index (χ2v) is 6.77. The molecule has 7 heteroatoms. The number of aromatic nitrogens is 3. The van der Waals surface area contributed by atoms with E-state index in [0.717, 1.165) is 18.5 Å². The van der Waals surface area contributed by atoms with Crippen LogP contribution < -0.4 is 5.32 Å². The molecule has 0 spiro atoms. The number of hydrogen-bond acceptors (Lipinski definition) is 4. The molecule has 0 saturated carbocycles. The van der Waals surface area contributed by atoms with E-state index in [1.54, 1.807) is 22.0 Å². The molecule has 0 radical (unpaired) electrons. The molecule has 0 unspecified atom stereocenters. The van der Waals surface area contributed by atoms with Gasteiger partial charge >= 0.3 is 0 Å². The first-order chi connectivity index (χ1) is 13.0. The quantitative estimate of drug-likeness (QED) is 0.735. The Balaban J connectivity index is 2.32. The Morgan fingerprint density at radius 1 is 1.22 bits per heavy atom. The van der Waals surface area contributed by atoms with E-state index in [4.69, 9.17) is 0 Å². The van der Waals surface area contributed by atoms with E-state index in [9.17, 15) is 9.59 Å². The minimum atomic E-state index is -0.172. The van der Waals surface area contributed by atoms with Gasteiger partial charge in [0, 0.05) is 19.3 Å². The zero-order valence-electron chi connectivity index (χ0n) is 16.6. The molecular formula is C20H29N5O2. The van der Waals surface area contributed by atoms with Crippen LogP contribution in [0.5, 0.6) is 0 Å². The van der Waals surface area contributed by atoms with Crippen LogP contribution in [0.1, 0.15) is 62.5 Å². The van der Waals surface area contributed by atoms with Crippen LogP contribution in [0.2, 0.25) is 0 Å². The van der Waals surface area contributed by atoms with Gasteiger partial charge in [0.25, 0.3) is 5.91 Å². The maximum Gasteiger partial charge on any atom is 0.257 e. The summed E-state index contributed by atoms with van der Waals surface area (Å²) in [6, 6.07) is 5.58. The van der Waals surface area contributed by atoms with E-state index >= 15 is 0 Å². The molecular weight excluding hydrogens is 342 g/mol. The topological polar surface area (TPSA) is 80.1 Å². The summed E-state index contributed by atoms with van der Waals surface area (Å²) >= 11 is 0. The van der Waals surface area contributed by atoms with E-state index in [0.29, 0.717) is 24.5 Å². The number of nitrogens with one attached hydrogen (secondary N) is 1. The molecule has 0 aliphatic heterocycles. The molecule has 2 rings (SSSR count). The fraction of sp³-hybridized carbons (Fsp3) is 0.500. The minimum Gasteiger partial charge on any atom is -0.355 e. The number of rotatable bonds is 9. The van der Waals surface area contributed by atoms with Gasteiger partial charge in [-0.2, -0.15) is 5.10 Å². The van der Waals surface area contributed by atoms with Crippen LogP contribution in [0.15, 0.2) is 30.6 Å². The highest BCUT2D eigenvalue weighted by Crippen LogP contribution is 2.23. The molecule has 0 aliphatic rings. The Morgan fingerprint density at radius 2 is 2.00 bits per heavy atom. The molecule has 0 fully saturated rings. The minimum absolute atomic E-state index is 0.0545. The lowest BCUT2D eigenvalue weighted by Gasteiger charge is -2.22. The molecule has 0 bridgehead atoms. The Kier molecular flexibility index (Phi) is 7.52. The first kappa shape index (κ1) is 20.6. The maximum absolute atomic E-state index is 13.2. The summed E-state index contributed by atoms with van der Waals surface area (Å²) in [5.41, 5.74) is 1.32. The van der Waals surface area contributed by atoms with E-state index in [2.05, 4.69) is 15.4 Å². The van der Waals surface area contributed by atoms with Crippen molar-refractivity contribution in [1.29, 1.82) is 0 Å². The van der Waals surface area contributed by atoms with E-state index in [1.807, 2.05) is 45.9 Å². The van der Waals surface area contributed by atoms with Gasteiger partial charge < -0.3 is 10.2 Å². The highest BCUT2D eigenvalue weighted by molar-refractivity contribution is 5.97. The molecule has 27 heavy (non-hydrogen) atoms. The fourth-order valence-electron chi connectivity index (χ4n) is 2.93. The first-order valence-corrected chi connectivity index (χ1v) is 9.54. The molecule has 7 nitrogen and oxygen atoms in total. The van der Waals surface area contributed by atoms with Crippen LogP contribution in [-0.2, 0) is 4.79 Å². The molecule has 2 heterocycles. The SMILES string of the molecule is CCCNC(=O)CN(CCC)C(=O)c1cnn(-c2ccccn2)c1C(C)C. The van der Waals surface area contributed by atoms with Crippen LogP contribution in [0.4, 0.5) is 0 Å². The largest absolute Gasteiger partial charge is 0.355 e. The van der Waals surface area contributed by atoms with Crippen LogP contribution in [0.25, 0.3) is 5.82 Å². The first-order valence-electron chi connectivity index (χ1n) is 9.54. The van der Waals surface area contributed by atoms with Crippen molar-refractivity contribution in [2.45, 2.75) is 46.5 Å². The van der Waals surface area contributed by atoms with Crippen LogP contribution in [-0.4, -0.2) is 51.1 Å². The second kappa shape index (κ2) is 9.85. The predicted molar refractivity (Wildman–Crippen MR) is 105 cm³/mol. The van der Waals surface area contributed by atoms with Crippen LogP contribution >= 0.6 is 0 Å². The zero-order chi connectivity index (χ0) is 19.8. The number of hydrogen-bond donors (Lipinski definition) is 1. The van der Waals surface area contributed by atoms with E-state index in [-0.39, 0.29) is 24.3 Å². The molecule has 2 amide bonds. The summed E-state index contributed by atoms with van der Waals surface area (Å²) < 4.78 is 1.71. The van der Waals surface area contributed by atoms with Crippen molar-refractivity contribution in [2.75, 3.05) is 19.6 Å². The lowest BCUT2D eigenvalue weighted by atomic mass is 10.0. The van der Waals surface area contributed by atoms with Crippen LogP contribution in [0.3, 0.4) is 0 Å². The average molecular weight is 371 g/mol. The maximum atomic E-state index is 13.2. The third-order valence-electron chi connectivity index (χ3n) is 4.14. The van der Waals surface area contributed by atoms with E-state index < -0.39 is 0 Å². The molecule has 0 saturated heterocycles. The van der Waals surface area contributed by atoms with E-state index in [1.165, 1.54) is 0 Å². The average Bonchev–Trinajstić information content (AvgIpc) is 3.11. The summed E-state index contributed by atoms with van der Waals surface area (Å²) in [7, 11) is 0. The van der Waals surface area contributed by atoms with Crippen molar-refractivity contribution < 1.29 is 9.59 Å². The smallest absolute Gasteiger partial charge is 0.257 e. The third-order valence-corrected chi connectivity index (χ3v) is 4.14. The van der Waals surface area contributed by atoms with Crippen molar-refractivity contribution in [3.8, 4) is 5.82 Å². The Hall–Kier alpha value is -2.70. The second-order valence-electron chi connectivity index (χ2n) is 6.77. The van der Waals surface area contributed by atoms with Gasteiger partial charge in [0.2, 0.25) is 5.91 Å². The van der Waals surface area contributed by atoms with Gasteiger partial charge in [0.05, 0.1) is 24.0 Å². The van der Waals surface area contributed by atoms with Gasteiger partial charge in [-0.3, -0.25) is 9.59 Å². The monoisotopic (exact) mass is 371 g/mol. The fourth-order valence-corrected chi connectivity index (χ4v) is 2.93. The summed E-state index contributed by atoms with van der Waals surface area (Å²) in [6.45, 7) is 9.21. The lowest BCUT2D eigenvalue weighted by molar-refractivity contribution is -0.121. The van der Waals surface area contributed by atoms with Crippen molar-refractivity contribution in [2.24, 2.45) is 0 Å². The van der Waals surface area contributed by atoms with Gasteiger partial charge in [-0.15, -0.1) is 0 Å². The summed E-state index contributed by atoms with van der Waals surface area (Å²) in [5.74, 6) is 0.435. The van der Waals surface area contributed by atoms with Gasteiger partial charge in [-0.1, -0.05) is 33.8 Å². The standard InChI is InChI=1S/C20H29N5O2/c1-5-10-22-18(26)14-24(12-6-2)20(27)16-13-23-25(19(16)15(3)4)17-9-7-8-11-21-17/h7-9,11,13,15H,5-6,10,12,14H2,1-4H3,(H,22,26). The summed E-state index contributed by atoms with van der Waals surface area (Å²) in [5, 5.41) is 7.24. The van der Waals surface area contributed by atoms with Gasteiger partial charge in [0.1, 0.15) is 0 Å². The Bertz CT molecular complexity index is 755. The van der Waals surface area contributed by atoms with Crippen molar-refractivity contribution >= 4 is 11.8 Å². The van der Waals surface area contributed by atoms with Gasteiger partial charge in [-0.25, -0.2) is 9.67 Å². The molecule has 2 aromatic rings. The lowest BCUT2D eigenvalue weighted by Crippen LogP contribution is -2.41. The Morgan fingerprint density at radius 3 is 2.59 bits per heavy atom. The van der Waals surface area contributed by atoms with Gasteiger partial charge in [0.15, 0.2) is 5.82 Å².